The number of hydrogen-bond acceptors (Lipinski definition) is 4. The Morgan fingerprint density at radius 1 is 0.931 bits per heavy atom. The lowest BCUT2D eigenvalue weighted by Crippen LogP contribution is -2.48. The van der Waals surface area contributed by atoms with Crippen molar-refractivity contribution in [3.8, 4) is 0 Å². The van der Waals surface area contributed by atoms with Gasteiger partial charge in [0.2, 0.25) is 11.8 Å². The molecule has 3 N–H and O–H groups in total. The monoisotopic (exact) mass is 453 g/mol. The fraction of sp³-hybridized carbons (Fsp3) is 0.154. The summed E-state index contributed by atoms with van der Waals surface area (Å²) in [4.78, 5) is 20.6. The van der Waals surface area contributed by atoms with E-state index in [1.54, 1.807) is 0 Å². The predicted molar refractivity (Wildman–Crippen MR) is 80.1 cm³/mol. The van der Waals surface area contributed by atoms with Crippen LogP contribution in [0.4, 0.5) is 45.5 Å². The summed E-state index contributed by atoms with van der Waals surface area (Å²) < 4.78 is 123. The van der Waals surface area contributed by atoms with E-state index in [1.165, 1.54) is 0 Å². The van der Waals surface area contributed by atoms with Gasteiger partial charge in [0.05, 0.1) is 6.33 Å². The summed E-state index contributed by atoms with van der Waals surface area (Å²) in [6.07, 6.45) is 0.781. The summed E-state index contributed by atoms with van der Waals surface area (Å²) in [7, 11) is 0. The third-order valence-electron chi connectivity index (χ3n) is 3.67. The molecule has 16 heteroatoms. The standard InChI is InChI=1S/C13H4F9N5O.ClH/c14-3-2(4(15)6(17)7(18)5(3)16)12(19,20)13(21,22)27-10(28)8-9(25-1-24-8)26-11(27)23;/h1H,(H2,23,26)(H,24,25);1H. The maximum Gasteiger partial charge on any atom is 0.402 e. The number of anilines is 1. The first-order valence-electron chi connectivity index (χ1n) is 6.83. The summed E-state index contributed by atoms with van der Waals surface area (Å²) in [5.41, 5.74) is -1.41. The Labute approximate surface area is 158 Å². The topological polar surface area (TPSA) is 89.6 Å². The van der Waals surface area contributed by atoms with Crippen LogP contribution in [0.1, 0.15) is 5.56 Å². The van der Waals surface area contributed by atoms with Crippen LogP contribution in [0.5, 0.6) is 0 Å². The quantitative estimate of drug-likeness (QED) is 0.362. The van der Waals surface area contributed by atoms with Gasteiger partial charge in [-0.3, -0.25) is 4.79 Å². The van der Waals surface area contributed by atoms with Gasteiger partial charge in [-0.1, -0.05) is 0 Å². The first-order valence-corrected chi connectivity index (χ1v) is 6.83. The average molecular weight is 454 g/mol. The number of H-pyrrole nitrogens is 1. The second kappa shape index (κ2) is 6.82. The Morgan fingerprint density at radius 3 is 1.93 bits per heavy atom. The molecule has 29 heavy (non-hydrogen) atoms. The molecular weight excluding hydrogens is 449 g/mol. The molecule has 0 atom stereocenters. The van der Waals surface area contributed by atoms with Gasteiger partial charge in [-0.25, -0.2) is 31.5 Å². The number of hydrogen-bond donors (Lipinski definition) is 2. The molecule has 0 bridgehead atoms. The molecule has 0 amide bonds. The number of nitrogens with two attached hydrogens (primary N) is 1. The number of aromatic amines is 1. The van der Waals surface area contributed by atoms with Crippen LogP contribution in [0, 0.1) is 29.1 Å². The van der Waals surface area contributed by atoms with Crippen molar-refractivity contribution in [1.82, 2.24) is 19.5 Å². The summed E-state index contributed by atoms with van der Waals surface area (Å²) in [5.74, 6) is -22.7. The Bertz CT molecular complexity index is 1150. The highest BCUT2D eigenvalue weighted by Crippen LogP contribution is 2.49. The average Bonchev–Trinajstić information content (AvgIpc) is 3.06. The Morgan fingerprint density at radius 2 is 1.41 bits per heavy atom. The molecule has 0 unspecified atom stereocenters. The molecule has 0 aliphatic carbocycles. The van der Waals surface area contributed by atoms with E-state index in [0.29, 0.717) is 0 Å². The second-order valence-corrected chi connectivity index (χ2v) is 5.27. The highest BCUT2D eigenvalue weighted by atomic mass is 35.5. The highest BCUT2D eigenvalue weighted by Gasteiger charge is 2.64. The molecule has 3 aromatic rings. The van der Waals surface area contributed by atoms with Crippen molar-refractivity contribution in [3.63, 3.8) is 0 Å². The number of imidazole rings is 1. The van der Waals surface area contributed by atoms with Gasteiger partial charge in [-0.15, -0.1) is 12.4 Å². The number of fused-ring (bicyclic) bond motifs is 1. The first kappa shape index (κ1) is 22.3. The van der Waals surface area contributed by atoms with E-state index in [0.717, 1.165) is 6.33 Å². The SMILES string of the molecule is Cl.Nc1nc2nc[nH]c2c(=O)n1C(F)(F)C(F)(F)c1c(F)c(F)c(F)c(F)c1F. The van der Waals surface area contributed by atoms with Gasteiger partial charge in [0.25, 0.3) is 5.56 Å². The lowest BCUT2D eigenvalue weighted by Gasteiger charge is -2.29. The van der Waals surface area contributed by atoms with E-state index >= 15 is 0 Å². The number of aromatic nitrogens is 4. The number of halogens is 10. The minimum Gasteiger partial charge on any atom is -0.369 e. The normalized spacial score (nSPS) is 12.3. The Hall–Kier alpha value is -2.97. The van der Waals surface area contributed by atoms with Crippen LogP contribution >= 0.6 is 12.4 Å². The smallest absolute Gasteiger partial charge is 0.369 e. The molecule has 2 aromatic heterocycles. The summed E-state index contributed by atoms with van der Waals surface area (Å²) in [6, 6.07) is -5.90. The molecule has 1 aromatic carbocycles. The van der Waals surface area contributed by atoms with Gasteiger partial charge in [-0.05, 0) is 0 Å². The molecule has 6 nitrogen and oxygen atoms in total. The minimum atomic E-state index is -6.12. The summed E-state index contributed by atoms with van der Waals surface area (Å²) in [5, 5.41) is 0. The van der Waals surface area contributed by atoms with Crippen LogP contribution in [0.15, 0.2) is 11.1 Å². The highest BCUT2D eigenvalue weighted by molar-refractivity contribution is 5.85. The van der Waals surface area contributed by atoms with Gasteiger partial charge in [0, 0.05) is 0 Å². The minimum absolute atomic E-state index is 0. The van der Waals surface area contributed by atoms with Gasteiger partial charge in [0.15, 0.2) is 34.4 Å². The Balaban J connectivity index is 0.00000300. The van der Waals surface area contributed by atoms with Crippen LogP contribution in [-0.2, 0) is 12.0 Å². The largest absolute Gasteiger partial charge is 0.402 e. The molecule has 0 fully saturated rings. The number of benzene rings is 1. The zero-order valence-corrected chi connectivity index (χ0v) is 14.0. The van der Waals surface area contributed by atoms with Crippen molar-refractivity contribution < 1.29 is 39.5 Å². The van der Waals surface area contributed by atoms with E-state index in [9.17, 15) is 44.3 Å². The maximum atomic E-state index is 14.5. The molecular formula is C13H5ClF9N5O. The molecule has 0 radical (unpaired) electrons. The van der Waals surface area contributed by atoms with Crippen LogP contribution in [-0.4, -0.2) is 19.5 Å². The number of alkyl halides is 4. The van der Waals surface area contributed by atoms with Crippen LogP contribution < -0.4 is 11.3 Å². The zero-order chi connectivity index (χ0) is 21.2. The van der Waals surface area contributed by atoms with Crippen molar-refractivity contribution >= 4 is 29.5 Å². The molecule has 0 aliphatic heterocycles. The van der Waals surface area contributed by atoms with Crippen LogP contribution in [0.25, 0.3) is 11.2 Å². The zero-order valence-electron chi connectivity index (χ0n) is 13.2. The molecule has 0 spiro atoms. The van der Waals surface area contributed by atoms with Crippen LogP contribution in [0.3, 0.4) is 0 Å². The molecule has 3 rings (SSSR count). The van der Waals surface area contributed by atoms with Crippen molar-refractivity contribution in [2.75, 3.05) is 5.73 Å². The summed E-state index contributed by atoms with van der Waals surface area (Å²) in [6.45, 7) is 0. The van der Waals surface area contributed by atoms with Crippen molar-refractivity contribution in [2.45, 2.75) is 12.0 Å². The molecule has 2 heterocycles. The van der Waals surface area contributed by atoms with E-state index in [2.05, 4.69) is 9.97 Å². The molecule has 0 aliphatic rings. The second-order valence-electron chi connectivity index (χ2n) is 5.27. The van der Waals surface area contributed by atoms with Gasteiger partial charge in [-0.2, -0.15) is 22.5 Å². The van der Waals surface area contributed by atoms with Crippen molar-refractivity contribution in [2.24, 2.45) is 0 Å². The third-order valence-corrected chi connectivity index (χ3v) is 3.67. The number of nitrogens with one attached hydrogen (secondary N) is 1. The van der Waals surface area contributed by atoms with Crippen molar-refractivity contribution in [1.29, 1.82) is 0 Å². The summed E-state index contributed by atoms with van der Waals surface area (Å²) >= 11 is 0. The van der Waals surface area contributed by atoms with E-state index in [4.69, 9.17) is 5.73 Å². The third kappa shape index (κ3) is 2.87. The lowest BCUT2D eigenvalue weighted by atomic mass is 10.0. The molecule has 0 saturated carbocycles. The lowest BCUT2D eigenvalue weighted by molar-refractivity contribution is -0.271. The van der Waals surface area contributed by atoms with E-state index in [1.807, 2.05) is 4.98 Å². The maximum absolute atomic E-state index is 14.5. The number of nitrogen functional groups attached to an aromatic ring is 1. The first-order chi connectivity index (χ1) is 12.8. The van der Waals surface area contributed by atoms with Crippen LogP contribution in [0.2, 0.25) is 0 Å². The fourth-order valence-corrected chi connectivity index (χ4v) is 2.35. The van der Waals surface area contributed by atoms with E-state index in [-0.39, 0.29) is 12.4 Å². The van der Waals surface area contributed by atoms with Gasteiger partial charge in [0.1, 0.15) is 5.56 Å². The fourth-order valence-electron chi connectivity index (χ4n) is 2.35. The van der Waals surface area contributed by atoms with Crippen molar-refractivity contribution in [3.05, 3.63) is 51.3 Å². The van der Waals surface area contributed by atoms with Gasteiger partial charge < -0.3 is 10.7 Å². The Kier molecular flexibility index (Phi) is 5.25. The number of rotatable bonds is 3. The molecule has 0 saturated heterocycles. The predicted octanol–water partition coefficient (Wildman–Crippen LogP) is 3.16. The molecule has 158 valence electrons. The van der Waals surface area contributed by atoms with Gasteiger partial charge >= 0.3 is 12.0 Å². The van der Waals surface area contributed by atoms with E-state index < -0.39 is 73.9 Å². The number of nitrogens with zero attached hydrogens (tertiary/aromatic N) is 3.